The molecule has 0 aliphatic heterocycles. The zero-order chi connectivity index (χ0) is 14.4. The Kier molecular flexibility index (Phi) is 7.06. The number of Topliss-reactive ketones (excluding diaryl/α,β-unsaturated/α-hetero) is 1. The summed E-state index contributed by atoms with van der Waals surface area (Å²) < 4.78 is 0. The van der Waals surface area contributed by atoms with Gasteiger partial charge in [0.1, 0.15) is 5.78 Å². The Labute approximate surface area is 119 Å². The molecule has 0 N–H and O–H groups in total. The number of nitrogens with zero attached hydrogens (tertiary/aromatic N) is 1. The van der Waals surface area contributed by atoms with E-state index in [1.54, 1.807) is 0 Å². The molecular formula is C17H33NO. The monoisotopic (exact) mass is 267 g/mol. The number of rotatable bonds is 7. The molecular weight excluding hydrogens is 234 g/mol. The molecule has 19 heavy (non-hydrogen) atoms. The van der Waals surface area contributed by atoms with Gasteiger partial charge in [-0.15, -0.1) is 0 Å². The topological polar surface area (TPSA) is 20.3 Å². The lowest BCUT2D eigenvalue weighted by molar-refractivity contribution is -0.128. The fourth-order valence-electron chi connectivity index (χ4n) is 3.50. The minimum absolute atomic E-state index is 0.283. The van der Waals surface area contributed by atoms with E-state index in [4.69, 9.17) is 0 Å². The highest BCUT2D eigenvalue weighted by molar-refractivity contribution is 5.82. The lowest BCUT2D eigenvalue weighted by atomic mass is 9.74. The predicted molar refractivity (Wildman–Crippen MR) is 82.2 cm³/mol. The predicted octanol–water partition coefficient (Wildman–Crippen LogP) is 4.00. The molecule has 1 aliphatic rings. The molecule has 0 bridgehead atoms. The summed E-state index contributed by atoms with van der Waals surface area (Å²) in [6, 6.07) is 0. The van der Waals surface area contributed by atoms with Crippen molar-refractivity contribution in [2.24, 2.45) is 23.7 Å². The first kappa shape index (κ1) is 16.7. The van der Waals surface area contributed by atoms with Crippen molar-refractivity contribution >= 4 is 5.78 Å². The number of carbonyl (C=O) groups excluding carboxylic acids is 1. The van der Waals surface area contributed by atoms with Gasteiger partial charge >= 0.3 is 0 Å². The summed E-state index contributed by atoms with van der Waals surface area (Å²) in [6.45, 7) is 14.5. The van der Waals surface area contributed by atoms with Crippen LogP contribution < -0.4 is 0 Å². The van der Waals surface area contributed by atoms with Crippen LogP contribution in [0.5, 0.6) is 0 Å². The van der Waals surface area contributed by atoms with Crippen molar-refractivity contribution in [2.45, 2.75) is 60.3 Å². The quantitative estimate of drug-likeness (QED) is 0.695. The second kappa shape index (κ2) is 8.04. The van der Waals surface area contributed by atoms with Crippen LogP contribution in [0.1, 0.15) is 60.3 Å². The third-order valence-electron chi connectivity index (χ3n) is 5.00. The Bertz CT molecular complexity index is 272. The van der Waals surface area contributed by atoms with Crippen LogP contribution in [0.15, 0.2) is 0 Å². The molecule has 0 spiro atoms. The first-order chi connectivity index (χ1) is 9.01. The van der Waals surface area contributed by atoms with Gasteiger partial charge in [0.05, 0.1) is 0 Å². The van der Waals surface area contributed by atoms with Gasteiger partial charge in [0.2, 0.25) is 0 Å². The highest BCUT2D eigenvalue weighted by Crippen LogP contribution is 2.31. The van der Waals surface area contributed by atoms with E-state index < -0.39 is 0 Å². The zero-order valence-corrected chi connectivity index (χ0v) is 13.6. The molecule has 3 unspecified atom stereocenters. The highest BCUT2D eigenvalue weighted by Gasteiger charge is 2.33. The molecule has 1 aliphatic carbocycles. The molecule has 0 amide bonds. The molecule has 2 nitrogen and oxygen atoms in total. The van der Waals surface area contributed by atoms with E-state index in [0.29, 0.717) is 17.6 Å². The van der Waals surface area contributed by atoms with Crippen LogP contribution in [0, 0.1) is 23.7 Å². The van der Waals surface area contributed by atoms with Crippen molar-refractivity contribution in [1.82, 2.24) is 4.90 Å². The van der Waals surface area contributed by atoms with Crippen molar-refractivity contribution in [3.05, 3.63) is 0 Å². The molecule has 0 aromatic heterocycles. The van der Waals surface area contributed by atoms with E-state index in [2.05, 4.69) is 39.5 Å². The maximum absolute atomic E-state index is 12.3. The Balaban J connectivity index is 2.56. The van der Waals surface area contributed by atoms with Crippen molar-refractivity contribution in [2.75, 3.05) is 19.6 Å². The average Bonchev–Trinajstić information content (AvgIpc) is 2.37. The number of hydrogen-bond donors (Lipinski definition) is 0. The van der Waals surface area contributed by atoms with E-state index in [1.807, 2.05) is 0 Å². The third-order valence-corrected chi connectivity index (χ3v) is 5.00. The standard InChI is InChI=1S/C17H33NO/c1-6-15(7-2)11-18(8-3)12-16-14(5)9-13(4)10-17(16)19/h13-16H,6-12H2,1-5H3. The Morgan fingerprint density at radius 1 is 1.21 bits per heavy atom. The molecule has 0 saturated heterocycles. The Morgan fingerprint density at radius 3 is 2.32 bits per heavy atom. The molecule has 1 saturated carbocycles. The summed E-state index contributed by atoms with van der Waals surface area (Å²) in [5, 5.41) is 0. The Hall–Kier alpha value is -0.370. The molecule has 0 heterocycles. The fraction of sp³-hybridized carbons (Fsp3) is 0.941. The zero-order valence-electron chi connectivity index (χ0n) is 13.6. The molecule has 112 valence electrons. The first-order valence-electron chi connectivity index (χ1n) is 8.26. The molecule has 3 atom stereocenters. The van der Waals surface area contributed by atoms with Crippen molar-refractivity contribution in [3.8, 4) is 0 Å². The molecule has 0 aromatic carbocycles. The third kappa shape index (κ3) is 4.91. The lowest BCUT2D eigenvalue weighted by Crippen LogP contribution is -2.41. The fourth-order valence-corrected chi connectivity index (χ4v) is 3.50. The SMILES string of the molecule is CCC(CC)CN(CC)CC1C(=O)CC(C)CC1C. The van der Waals surface area contributed by atoms with Crippen LogP contribution in [0.2, 0.25) is 0 Å². The highest BCUT2D eigenvalue weighted by atomic mass is 16.1. The first-order valence-corrected chi connectivity index (χ1v) is 8.26. The van der Waals surface area contributed by atoms with Crippen molar-refractivity contribution in [1.29, 1.82) is 0 Å². The lowest BCUT2D eigenvalue weighted by Gasteiger charge is -2.35. The summed E-state index contributed by atoms with van der Waals surface area (Å²) in [6.07, 6.45) is 4.52. The normalized spacial score (nSPS) is 28.4. The van der Waals surface area contributed by atoms with Crippen LogP contribution in [-0.4, -0.2) is 30.3 Å². The van der Waals surface area contributed by atoms with E-state index in [1.165, 1.54) is 19.3 Å². The van der Waals surface area contributed by atoms with E-state index in [0.717, 1.165) is 32.0 Å². The van der Waals surface area contributed by atoms with Crippen LogP contribution in [-0.2, 0) is 4.79 Å². The van der Waals surface area contributed by atoms with Gasteiger partial charge in [0, 0.05) is 25.4 Å². The van der Waals surface area contributed by atoms with Gasteiger partial charge in [-0.05, 0) is 30.7 Å². The summed E-state index contributed by atoms with van der Waals surface area (Å²) in [7, 11) is 0. The van der Waals surface area contributed by atoms with Crippen LogP contribution in [0.25, 0.3) is 0 Å². The average molecular weight is 267 g/mol. The molecule has 1 fully saturated rings. The maximum Gasteiger partial charge on any atom is 0.137 e. The maximum atomic E-state index is 12.3. The van der Waals surface area contributed by atoms with Gasteiger partial charge in [0.25, 0.3) is 0 Å². The summed E-state index contributed by atoms with van der Waals surface area (Å²) in [5.74, 6) is 2.73. The van der Waals surface area contributed by atoms with Gasteiger partial charge in [-0.2, -0.15) is 0 Å². The number of hydrogen-bond acceptors (Lipinski definition) is 2. The minimum Gasteiger partial charge on any atom is -0.303 e. The number of ketones is 1. The second-order valence-electron chi connectivity index (χ2n) is 6.63. The second-order valence-corrected chi connectivity index (χ2v) is 6.63. The van der Waals surface area contributed by atoms with Gasteiger partial charge in [-0.1, -0.05) is 47.5 Å². The van der Waals surface area contributed by atoms with Crippen molar-refractivity contribution in [3.63, 3.8) is 0 Å². The van der Waals surface area contributed by atoms with Crippen LogP contribution >= 0.6 is 0 Å². The summed E-state index contributed by atoms with van der Waals surface area (Å²) >= 11 is 0. The van der Waals surface area contributed by atoms with Gasteiger partial charge in [0.15, 0.2) is 0 Å². The smallest absolute Gasteiger partial charge is 0.137 e. The van der Waals surface area contributed by atoms with E-state index >= 15 is 0 Å². The van der Waals surface area contributed by atoms with E-state index in [9.17, 15) is 4.79 Å². The summed E-state index contributed by atoms with van der Waals surface area (Å²) in [5.41, 5.74) is 0. The number of carbonyl (C=O) groups is 1. The van der Waals surface area contributed by atoms with Gasteiger partial charge in [-0.25, -0.2) is 0 Å². The van der Waals surface area contributed by atoms with Crippen LogP contribution in [0.3, 0.4) is 0 Å². The minimum atomic E-state index is 0.283. The largest absolute Gasteiger partial charge is 0.303 e. The molecule has 0 aromatic rings. The molecule has 2 heteroatoms. The van der Waals surface area contributed by atoms with E-state index in [-0.39, 0.29) is 5.92 Å². The van der Waals surface area contributed by atoms with Gasteiger partial charge in [-0.3, -0.25) is 4.79 Å². The molecule has 1 rings (SSSR count). The summed E-state index contributed by atoms with van der Waals surface area (Å²) in [4.78, 5) is 14.8. The van der Waals surface area contributed by atoms with Gasteiger partial charge < -0.3 is 4.90 Å². The Morgan fingerprint density at radius 2 is 1.84 bits per heavy atom. The molecule has 0 radical (unpaired) electrons. The van der Waals surface area contributed by atoms with Crippen LogP contribution in [0.4, 0.5) is 0 Å². The van der Waals surface area contributed by atoms with Crippen molar-refractivity contribution < 1.29 is 4.79 Å².